The van der Waals surface area contributed by atoms with Crippen LogP contribution in [0.1, 0.15) is 27.8 Å². The topological polar surface area (TPSA) is 50.3 Å². The molecule has 1 aliphatic carbocycles. The Morgan fingerprint density at radius 3 is 1.92 bits per heavy atom. The summed E-state index contributed by atoms with van der Waals surface area (Å²) in [6.07, 6.45) is 0. The van der Waals surface area contributed by atoms with Gasteiger partial charge in [0.05, 0.1) is 33.6 Å². The molecule has 0 radical (unpaired) electrons. The van der Waals surface area contributed by atoms with Crippen molar-refractivity contribution in [2.75, 3.05) is 0 Å². The van der Waals surface area contributed by atoms with E-state index in [0.29, 0.717) is 5.56 Å². The molecule has 2 aromatic heterocycles. The van der Waals surface area contributed by atoms with E-state index in [0.717, 1.165) is 72.5 Å². The van der Waals surface area contributed by atoms with E-state index in [-0.39, 0.29) is 0 Å². The Morgan fingerprint density at radius 1 is 0.531 bits per heavy atom. The fourth-order valence-corrected chi connectivity index (χ4v) is 8.64. The van der Waals surface area contributed by atoms with Gasteiger partial charge >= 0.3 is 0 Å². The van der Waals surface area contributed by atoms with Crippen LogP contribution < -0.4 is 4.74 Å². The van der Waals surface area contributed by atoms with Crippen LogP contribution in [0.3, 0.4) is 0 Å². The number of aromatic nitrogens is 2. The molecule has 0 amide bonds. The number of hydrogen-bond donors (Lipinski definition) is 0. The van der Waals surface area contributed by atoms with Gasteiger partial charge in [0.1, 0.15) is 17.1 Å². The minimum Gasteiger partial charge on any atom is -0.457 e. The van der Waals surface area contributed by atoms with Crippen molar-refractivity contribution in [1.29, 1.82) is 5.26 Å². The SMILES string of the molecule is N#Cc1ccc2c(c1)C1(c3ccccc3Oc3ccccc31)c1cc(-c3ccc4nc5c6ccccc6c6ccccc6n5c4c3)ccc1-2. The third-order valence-electron chi connectivity index (χ3n) is 10.7. The Labute approximate surface area is 281 Å². The molecule has 0 N–H and O–H groups in total. The van der Waals surface area contributed by atoms with Crippen LogP contribution in [0.2, 0.25) is 0 Å². The highest BCUT2D eigenvalue weighted by Crippen LogP contribution is 2.62. The second-order valence-electron chi connectivity index (χ2n) is 13.0. The summed E-state index contributed by atoms with van der Waals surface area (Å²) in [4.78, 5) is 5.17. The minimum atomic E-state index is -0.651. The number of pyridine rings is 1. The lowest BCUT2D eigenvalue weighted by atomic mass is 9.65. The second-order valence-corrected chi connectivity index (χ2v) is 13.0. The molecule has 0 saturated heterocycles. The van der Waals surface area contributed by atoms with Crippen LogP contribution in [-0.2, 0) is 5.41 Å². The Bertz CT molecular complexity index is 2900. The Morgan fingerprint density at radius 2 is 1.14 bits per heavy atom. The lowest BCUT2D eigenvalue weighted by Gasteiger charge is -2.39. The van der Waals surface area contributed by atoms with Crippen molar-refractivity contribution >= 4 is 38.4 Å². The predicted octanol–water partition coefficient (Wildman–Crippen LogP) is 10.8. The quantitative estimate of drug-likeness (QED) is 0.171. The normalized spacial score (nSPS) is 13.6. The highest BCUT2D eigenvalue weighted by atomic mass is 16.5. The molecule has 3 heterocycles. The average molecular weight is 624 g/mol. The fraction of sp³-hybridized carbons (Fsp3) is 0.0222. The number of fused-ring (bicyclic) bond motifs is 17. The summed E-state index contributed by atoms with van der Waals surface area (Å²) < 4.78 is 8.85. The standard InChI is InChI=1S/C45H25N3O/c46-26-27-17-20-31-32-21-18-28(24-38(32)45(37(31)23-27)35-12-4-7-15-42(35)49-43-16-8-5-13-36(43)45)29-19-22-39-41(25-29)48-40-14-6-3-10-33(40)30-9-1-2-11-34(30)44(48)47-39/h1-25H. The van der Waals surface area contributed by atoms with Gasteiger partial charge in [0, 0.05) is 21.9 Å². The van der Waals surface area contributed by atoms with E-state index in [1.165, 1.54) is 21.9 Å². The highest BCUT2D eigenvalue weighted by molar-refractivity contribution is 6.14. The molecule has 9 aromatic rings. The number of benzene rings is 7. The van der Waals surface area contributed by atoms with Crippen LogP contribution >= 0.6 is 0 Å². The molecule has 226 valence electrons. The van der Waals surface area contributed by atoms with Crippen LogP contribution in [0.25, 0.3) is 60.6 Å². The number of nitriles is 1. The number of rotatable bonds is 1. The molecule has 1 aliphatic heterocycles. The summed E-state index contributed by atoms with van der Waals surface area (Å²) in [7, 11) is 0. The molecule has 49 heavy (non-hydrogen) atoms. The van der Waals surface area contributed by atoms with Gasteiger partial charge in [0.2, 0.25) is 0 Å². The molecule has 11 rings (SSSR count). The summed E-state index contributed by atoms with van der Waals surface area (Å²) >= 11 is 0. The molecule has 1 spiro atoms. The zero-order valence-electron chi connectivity index (χ0n) is 26.2. The number of para-hydroxylation sites is 3. The summed E-state index contributed by atoms with van der Waals surface area (Å²) in [5.41, 5.74) is 13.1. The Hall–Kier alpha value is -6.70. The maximum atomic E-state index is 10.0. The first kappa shape index (κ1) is 26.4. The third-order valence-corrected chi connectivity index (χ3v) is 10.7. The first-order valence-electron chi connectivity index (χ1n) is 16.5. The molecule has 2 aliphatic rings. The second kappa shape index (κ2) is 9.44. The van der Waals surface area contributed by atoms with Gasteiger partial charge in [-0.25, -0.2) is 4.98 Å². The van der Waals surface area contributed by atoms with E-state index >= 15 is 0 Å². The first-order valence-corrected chi connectivity index (χ1v) is 16.5. The lowest BCUT2D eigenvalue weighted by molar-refractivity contribution is 0.436. The van der Waals surface area contributed by atoms with E-state index < -0.39 is 5.41 Å². The van der Waals surface area contributed by atoms with Gasteiger partial charge in [-0.2, -0.15) is 5.26 Å². The maximum Gasteiger partial charge on any atom is 0.146 e. The average Bonchev–Trinajstić information content (AvgIpc) is 3.69. The monoisotopic (exact) mass is 623 g/mol. The van der Waals surface area contributed by atoms with E-state index in [1.54, 1.807) is 0 Å². The van der Waals surface area contributed by atoms with E-state index in [1.807, 2.05) is 18.2 Å². The van der Waals surface area contributed by atoms with Crippen molar-refractivity contribution in [3.8, 4) is 39.8 Å². The largest absolute Gasteiger partial charge is 0.457 e. The van der Waals surface area contributed by atoms with Crippen molar-refractivity contribution in [3.63, 3.8) is 0 Å². The van der Waals surface area contributed by atoms with Gasteiger partial charge in [-0.15, -0.1) is 0 Å². The van der Waals surface area contributed by atoms with E-state index in [9.17, 15) is 5.26 Å². The molecular weight excluding hydrogens is 599 g/mol. The van der Waals surface area contributed by atoms with Crippen molar-refractivity contribution in [2.45, 2.75) is 5.41 Å². The van der Waals surface area contributed by atoms with Crippen molar-refractivity contribution in [2.24, 2.45) is 0 Å². The van der Waals surface area contributed by atoms with Crippen molar-refractivity contribution in [3.05, 3.63) is 179 Å². The summed E-state index contributed by atoms with van der Waals surface area (Å²) in [5, 5.41) is 13.6. The van der Waals surface area contributed by atoms with Crippen LogP contribution in [0, 0.1) is 11.3 Å². The Balaban J connectivity index is 1.21. The van der Waals surface area contributed by atoms with Crippen LogP contribution in [0.15, 0.2) is 152 Å². The Kier molecular flexibility index (Phi) is 5.08. The smallest absolute Gasteiger partial charge is 0.146 e. The highest BCUT2D eigenvalue weighted by Gasteiger charge is 2.51. The first-order chi connectivity index (χ1) is 24.2. The van der Waals surface area contributed by atoms with E-state index in [2.05, 4.69) is 144 Å². The number of imidazole rings is 1. The molecule has 0 atom stereocenters. The summed E-state index contributed by atoms with van der Waals surface area (Å²) in [5.74, 6) is 1.66. The molecule has 7 aromatic carbocycles. The molecule has 0 bridgehead atoms. The molecule has 4 heteroatoms. The summed E-state index contributed by atoms with van der Waals surface area (Å²) in [6.45, 7) is 0. The van der Waals surface area contributed by atoms with Crippen LogP contribution in [0.5, 0.6) is 11.5 Å². The molecule has 0 unspecified atom stereocenters. The molecule has 0 fully saturated rings. The lowest BCUT2D eigenvalue weighted by Crippen LogP contribution is -2.32. The van der Waals surface area contributed by atoms with E-state index in [4.69, 9.17) is 9.72 Å². The predicted molar refractivity (Wildman–Crippen MR) is 195 cm³/mol. The third kappa shape index (κ3) is 3.33. The zero-order valence-corrected chi connectivity index (χ0v) is 26.2. The minimum absolute atomic E-state index is 0.644. The number of ether oxygens (including phenoxy) is 1. The summed E-state index contributed by atoms with van der Waals surface area (Å²) in [6, 6.07) is 55.8. The molecule has 0 saturated carbocycles. The molecule has 4 nitrogen and oxygen atoms in total. The van der Waals surface area contributed by atoms with Crippen molar-refractivity contribution < 1.29 is 4.74 Å². The van der Waals surface area contributed by atoms with Gasteiger partial charge < -0.3 is 4.74 Å². The fourth-order valence-electron chi connectivity index (χ4n) is 8.64. The van der Waals surface area contributed by atoms with Gasteiger partial charge in [-0.3, -0.25) is 4.40 Å². The number of hydrogen-bond acceptors (Lipinski definition) is 3. The molecular formula is C45H25N3O. The van der Waals surface area contributed by atoms with Crippen LogP contribution in [-0.4, -0.2) is 9.38 Å². The maximum absolute atomic E-state index is 10.0. The van der Waals surface area contributed by atoms with Gasteiger partial charge in [0.15, 0.2) is 0 Å². The van der Waals surface area contributed by atoms with Gasteiger partial charge in [-0.05, 0) is 87.3 Å². The number of nitrogens with zero attached hydrogens (tertiary/aromatic N) is 3. The van der Waals surface area contributed by atoms with Crippen molar-refractivity contribution in [1.82, 2.24) is 9.38 Å². The van der Waals surface area contributed by atoms with Gasteiger partial charge in [-0.1, -0.05) is 103 Å². The van der Waals surface area contributed by atoms with Gasteiger partial charge in [0.25, 0.3) is 0 Å². The zero-order chi connectivity index (χ0) is 32.3. The van der Waals surface area contributed by atoms with Crippen LogP contribution in [0.4, 0.5) is 0 Å².